The molecule has 0 saturated carbocycles. The van der Waals surface area contributed by atoms with Crippen LogP contribution in [0.25, 0.3) is 0 Å². The van der Waals surface area contributed by atoms with Gasteiger partial charge in [0.2, 0.25) is 11.8 Å². The summed E-state index contributed by atoms with van der Waals surface area (Å²) in [6, 6.07) is 3.64. The minimum Gasteiger partial charge on any atom is -0.473 e. The summed E-state index contributed by atoms with van der Waals surface area (Å²) in [6.45, 7) is 5.32. The number of hydrogen-bond acceptors (Lipinski definition) is 5. The highest BCUT2D eigenvalue weighted by Crippen LogP contribution is 2.27. The summed E-state index contributed by atoms with van der Waals surface area (Å²) in [5.74, 6) is 0.862. The fourth-order valence-electron chi connectivity index (χ4n) is 2.35. The van der Waals surface area contributed by atoms with E-state index < -0.39 is 0 Å². The highest BCUT2D eigenvalue weighted by atomic mass is 16.5. The Bertz CT molecular complexity index is 490. The van der Waals surface area contributed by atoms with Crippen molar-refractivity contribution in [2.45, 2.75) is 32.8 Å². The van der Waals surface area contributed by atoms with E-state index in [1.165, 1.54) is 0 Å². The number of nitrogens with zero attached hydrogens (tertiary/aromatic N) is 2. The maximum absolute atomic E-state index is 11.3. The van der Waals surface area contributed by atoms with Crippen LogP contribution in [0.4, 0.5) is 11.5 Å². The molecule has 1 aromatic heterocycles. The van der Waals surface area contributed by atoms with Crippen LogP contribution < -0.4 is 21.1 Å². The molecule has 1 unspecified atom stereocenters. The molecule has 2 rings (SSSR count). The number of ether oxygens (including phenoxy) is 1. The molecular formula is C14H22N4O2. The molecule has 1 aliphatic heterocycles. The number of nitrogens with two attached hydrogens (primary N) is 2. The summed E-state index contributed by atoms with van der Waals surface area (Å²) in [5.41, 5.74) is 11.8. The fraction of sp³-hybridized carbons (Fsp3) is 0.571. The van der Waals surface area contributed by atoms with E-state index in [1.54, 1.807) is 6.07 Å². The Morgan fingerprint density at radius 3 is 2.90 bits per heavy atom. The minimum atomic E-state index is -0.246. The Morgan fingerprint density at radius 2 is 2.25 bits per heavy atom. The molecule has 1 atom stereocenters. The van der Waals surface area contributed by atoms with Gasteiger partial charge in [0.15, 0.2) is 0 Å². The van der Waals surface area contributed by atoms with Crippen molar-refractivity contribution in [2.24, 2.45) is 11.7 Å². The van der Waals surface area contributed by atoms with Gasteiger partial charge in [0, 0.05) is 13.1 Å². The molecule has 0 aliphatic carbocycles. The maximum Gasteiger partial charge on any atom is 0.239 e. The summed E-state index contributed by atoms with van der Waals surface area (Å²) in [6.07, 6.45) is 1.79. The van der Waals surface area contributed by atoms with Gasteiger partial charge in [-0.05, 0) is 38.8 Å². The quantitative estimate of drug-likeness (QED) is 0.861. The molecule has 110 valence electrons. The van der Waals surface area contributed by atoms with Crippen LogP contribution in [0.2, 0.25) is 0 Å². The molecule has 0 bridgehead atoms. The van der Waals surface area contributed by atoms with E-state index >= 15 is 0 Å². The maximum atomic E-state index is 11.3. The van der Waals surface area contributed by atoms with Crippen LogP contribution in [-0.4, -0.2) is 30.1 Å². The van der Waals surface area contributed by atoms with Crippen LogP contribution in [0.15, 0.2) is 12.1 Å². The molecule has 4 N–H and O–H groups in total. The zero-order valence-corrected chi connectivity index (χ0v) is 12.0. The van der Waals surface area contributed by atoms with Gasteiger partial charge < -0.3 is 21.1 Å². The third kappa shape index (κ3) is 3.31. The predicted octanol–water partition coefficient (Wildman–Crippen LogP) is 1.15. The molecule has 1 fully saturated rings. The van der Waals surface area contributed by atoms with Crippen LogP contribution in [0.3, 0.4) is 0 Å². The van der Waals surface area contributed by atoms with Gasteiger partial charge in [0.25, 0.3) is 0 Å². The number of carbonyl (C=O) groups is 1. The van der Waals surface area contributed by atoms with Gasteiger partial charge in [0.05, 0.1) is 17.7 Å². The molecule has 6 nitrogen and oxygen atoms in total. The summed E-state index contributed by atoms with van der Waals surface area (Å²) >= 11 is 0. The molecular weight excluding hydrogens is 256 g/mol. The largest absolute Gasteiger partial charge is 0.473 e. The number of primary amides is 1. The third-order valence-corrected chi connectivity index (χ3v) is 3.37. The number of piperidine rings is 1. The van der Waals surface area contributed by atoms with Gasteiger partial charge in [-0.15, -0.1) is 0 Å². The van der Waals surface area contributed by atoms with Crippen LogP contribution in [0.5, 0.6) is 5.88 Å². The van der Waals surface area contributed by atoms with E-state index in [0.717, 1.165) is 25.2 Å². The van der Waals surface area contributed by atoms with Crippen molar-refractivity contribution in [3.63, 3.8) is 0 Å². The molecule has 6 heteroatoms. The lowest BCUT2D eigenvalue weighted by molar-refractivity contribution is -0.122. The smallest absolute Gasteiger partial charge is 0.239 e. The van der Waals surface area contributed by atoms with Crippen molar-refractivity contribution >= 4 is 17.4 Å². The molecule has 0 aromatic carbocycles. The van der Waals surface area contributed by atoms with Crippen LogP contribution in [-0.2, 0) is 4.79 Å². The topological polar surface area (TPSA) is 94.5 Å². The minimum absolute atomic E-state index is 0.0137. The first-order valence-electron chi connectivity index (χ1n) is 6.95. The van der Waals surface area contributed by atoms with Gasteiger partial charge in [-0.1, -0.05) is 0 Å². The number of aromatic nitrogens is 1. The number of rotatable bonds is 4. The second-order valence-electron chi connectivity index (χ2n) is 5.42. The third-order valence-electron chi connectivity index (χ3n) is 3.37. The lowest BCUT2D eigenvalue weighted by Crippen LogP contribution is -2.41. The molecule has 1 aliphatic rings. The van der Waals surface area contributed by atoms with Crippen molar-refractivity contribution in [1.29, 1.82) is 0 Å². The Balaban J connectivity index is 2.17. The monoisotopic (exact) mass is 278 g/mol. The Labute approximate surface area is 119 Å². The Morgan fingerprint density at radius 1 is 1.50 bits per heavy atom. The molecule has 1 amide bonds. The average Bonchev–Trinajstić information content (AvgIpc) is 2.41. The summed E-state index contributed by atoms with van der Waals surface area (Å²) in [5, 5.41) is 0. The van der Waals surface area contributed by atoms with Crippen molar-refractivity contribution in [3.8, 4) is 5.88 Å². The highest BCUT2D eigenvalue weighted by molar-refractivity contribution is 5.77. The van der Waals surface area contributed by atoms with Crippen molar-refractivity contribution in [1.82, 2.24) is 4.98 Å². The SMILES string of the molecule is CC(C)Oc1nc(N2CCCC(C(N)=O)C2)ccc1N. The fourth-order valence-corrected chi connectivity index (χ4v) is 2.35. The number of anilines is 2. The molecule has 2 heterocycles. The van der Waals surface area contributed by atoms with Crippen molar-refractivity contribution < 1.29 is 9.53 Å². The number of hydrogen-bond donors (Lipinski definition) is 2. The van der Waals surface area contributed by atoms with Crippen LogP contribution in [0.1, 0.15) is 26.7 Å². The lowest BCUT2D eigenvalue weighted by atomic mass is 9.97. The van der Waals surface area contributed by atoms with Gasteiger partial charge in [0.1, 0.15) is 5.82 Å². The first-order valence-corrected chi connectivity index (χ1v) is 6.95. The van der Waals surface area contributed by atoms with E-state index in [0.29, 0.717) is 18.1 Å². The van der Waals surface area contributed by atoms with Crippen LogP contribution in [0, 0.1) is 5.92 Å². The van der Waals surface area contributed by atoms with E-state index in [1.807, 2.05) is 19.9 Å². The second kappa shape index (κ2) is 5.98. The first kappa shape index (κ1) is 14.4. The first-order chi connectivity index (χ1) is 9.47. The molecule has 0 radical (unpaired) electrons. The Kier molecular flexibility index (Phi) is 4.32. The van der Waals surface area contributed by atoms with Gasteiger partial charge in [-0.2, -0.15) is 4.98 Å². The predicted molar refractivity (Wildman–Crippen MR) is 78.5 cm³/mol. The average molecular weight is 278 g/mol. The zero-order valence-electron chi connectivity index (χ0n) is 12.0. The normalized spacial score (nSPS) is 19.1. The standard InChI is InChI=1S/C14H22N4O2/c1-9(2)20-14-11(15)5-6-12(17-14)18-7-3-4-10(8-18)13(16)19/h5-6,9-10H,3-4,7-8,15H2,1-2H3,(H2,16,19). The van der Waals surface area contributed by atoms with E-state index in [2.05, 4.69) is 9.88 Å². The van der Waals surface area contributed by atoms with Crippen molar-refractivity contribution in [2.75, 3.05) is 23.7 Å². The van der Waals surface area contributed by atoms with Gasteiger partial charge in [-0.3, -0.25) is 4.79 Å². The van der Waals surface area contributed by atoms with Gasteiger partial charge in [-0.25, -0.2) is 0 Å². The highest BCUT2D eigenvalue weighted by Gasteiger charge is 2.25. The summed E-state index contributed by atoms with van der Waals surface area (Å²) in [4.78, 5) is 17.8. The second-order valence-corrected chi connectivity index (χ2v) is 5.42. The molecule has 20 heavy (non-hydrogen) atoms. The van der Waals surface area contributed by atoms with E-state index in [9.17, 15) is 4.79 Å². The van der Waals surface area contributed by atoms with Crippen LogP contribution >= 0.6 is 0 Å². The molecule has 1 saturated heterocycles. The summed E-state index contributed by atoms with van der Waals surface area (Å²) < 4.78 is 5.60. The number of pyridine rings is 1. The Hall–Kier alpha value is -1.98. The molecule has 1 aromatic rings. The van der Waals surface area contributed by atoms with E-state index in [-0.39, 0.29) is 17.9 Å². The summed E-state index contributed by atoms with van der Waals surface area (Å²) in [7, 11) is 0. The van der Waals surface area contributed by atoms with E-state index in [4.69, 9.17) is 16.2 Å². The number of amides is 1. The number of nitrogen functional groups attached to an aromatic ring is 1. The molecule has 0 spiro atoms. The van der Waals surface area contributed by atoms with Crippen molar-refractivity contribution in [3.05, 3.63) is 12.1 Å². The van der Waals surface area contributed by atoms with Gasteiger partial charge >= 0.3 is 0 Å². The lowest BCUT2D eigenvalue weighted by Gasteiger charge is -2.32. The number of carbonyl (C=O) groups excluding carboxylic acids is 1. The zero-order chi connectivity index (χ0) is 14.7.